The molecule has 0 saturated carbocycles. The van der Waals surface area contributed by atoms with Gasteiger partial charge in [-0.1, -0.05) is 23.8 Å². The highest BCUT2D eigenvalue weighted by atomic mass is 32.2. The average molecular weight is 554 g/mol. The van der Waals surface area contributed by atoms with E-state index in [1.54, 1.807) is 37.3 Å². The predicted octanol–water partition coefficient (Wildman–Crippen LogP) is 5.30. The molecule has 4 rings (SSSR count). The lowest BCUT2D eigenvalue weighted by molar-refractivity contribution is 0.102. The minimum Gasteiger partial charge on any atom is -0.322 e. The van der Waals surface area contributed by atoms with Crippen molar-refractivity contribution in [2.75, 3.05) is 14.8 Å². The molecule has 0 aliphatic heterocycles. The fourth-order valence-electron chi connectivity index (χ4n) is 3.56. The lowest BCUT2D eigenvalue weighted by Crippen LogP contribution is -2.17. The van der Waals surface area contributed by atoms with Crippen LogP contribution in [0.3, 0.4) is 0 Å². The van der Waals surface area contributed by atoms with Crippen molar-refractivity contribution in [1.82, 2.24) is 0 Å². The molecule has 4 aromatic rings. The van der Waals surface area contributed by atoms with Crippen LogP contribution in [0.4, 0.5) is 21.5 Å². The van der Waals surface area contributed by atoms with E-state index in [9.17, 15) is 26.0 Å². The topological polar surface area (TPSA) is 121 Å². The van der Waals surface area contributed by atoms with Crippen molar-refractivity contribution in [3.05, 3.63) is 114 Å². The van der Waals surface area contributed by atoms with Gasteiger partial charge < -0.3 is 5.32 Å². The Labute approximate surface area is 220 Å². The molecule has 0 heterocycles. The molecule has 0 aliphatic rings. The molecule has 0 spiro atoms. The van der Waals surface area contributed by atoms with Gasteiger partial charge in [0.2, 0.25) is 0 Å². The summed E-state index contributed by atoms with van der Waals surface area (Å²) in [5.74, 6) is -0.989. The largest absolute Gasteiger partial charge is 0.322 e. The summed E-state index contributed by atoms with van der Waals surface area (Å²) in [6.45, 7) is 3.48. The normalized spacial score (nSPS) is 11.6. The molecule has 0 fully saturated rings. The first-order valence-electron chi connectivity index (χ1n) is 11.3. The van der Waals surface area contributed by atoms with Crippen LogP contribution >= 0.6 is 0 Å². The minimum absolute atomic E-state index is 0.0523. The van der Waals surface area contributed by atoms with Crippen LogP contribution in [0.15, 0.2) is 101 Å². The molecule has 0 aromatic heterocycles. The number of anilines is 3. The van der Waals surface area contributed by atoms with Gasteiger partial charge in [-0.15, -0.1) is 0 Å². The maximum Gasteiger partial charge on any atom is 0.261 e. The summed E-state index contributed by atoms with van der Waals surface area (Å²) in [4.78, 5) is 13.0. The highest BCUT2D eigenvalue weighted by molar-refractivity contribution is 7.93. The predicted molar refractivity (Wildman–Crippen MR) is 145 cm³/mol. The van der Waals surface area contributed by atoms with Gasteiger partial charge in [0.1, 0.15) is 5.82 Å². The van der Waals surface area contributed by atoms with Gasteiger partial charge in [-0.05, 0) is 92.2 Å². The number of hydrogen-bond donors (Lipinski definition) is 3. The van der Waals surface area contributed by atoms with Gasteiger partial charge in [-0.25, -0.2) is 21.2 Å². The first kappa shape index (κ1) is 26.8. The molecular weight excluding hydrogens is 529 g/mol. The van der Waals surface area contributed by atoms with Crippen molar-refractivity contribution >= 4 is 43.0 Å². The number of carbonyl (C=O) groups excluding carboxylic acids is 1. The first-order valence-corrected chi connectivity index (χ1v) is 14.3. The van der Waals surface area contributed by atoms with Crippen LogP contribution in [0, 0.1) is 19.7 Å². The van der Waals surface area contributed by atoms with Gasteiger partial charge in [-0.3, -0.25) is 14.2 Å². The van der Waals surface area contributed by atoms with Crippen molar-refractivity contribution in [2.45, 2.75) is 23.6 Å². The number of amides is 1. The standard InChI is InChI=1S/C27H24FN3O5S2/c1-18-6-14-23(15-7-18)38(35,36)31-26-5-3-4-25(19(26)2)27(32)29-21-12-16-24(17-13-21)37(33,34)30-22-10-8-20(28)9-11-22/h3-17,30-31H,1-2H3,(H,29,32). The van der Waals surface area contributed by atoms with E-state index in [2.05, 4.69) is 14.8 Å². The molecule has 196 valence electrons. The summed E-state index contributed by atoms with van der Waals surface area (Å²) in [5, 5.41) is 2.69. The fraction of sp³-hybridized carbons (Fsp3) is 0.0741. The summed E-state index contributed by atoms with van der Waals surface area (Å²) in [5.41, 5.74) is 2.38. The molecule has 4 aromatic carbocycles. The second-order valence-corrected chi connectivity index (χ2v) is 11.9. The Bertz CT molecular complexity index is 1690. The monoisotopic (exact) mass is 553 g/mol. The van der Waals surface area contributed by atoms with Gasteiger partial charge >= 0.3 is 0 Å². The summed E-state index contributed by atoms with van der Waals surface area (Å²) in [6.07, 6.45) is 0. The summed E-state index contributed by atoms with van der Waals surface area (Å²) < 4.78 is 68.8. The maximum absolute atomic E-state index is 13.1. The molecule has 0 aliphatic carbocycles. The summed E-state index contributed by atoms with van der Waals surface area (Å²) in [6, 6.07) is 21.5. The number of aryl methyl sites for hydroxylation is 1. The number of sulfonamides is 2. The van der Waals surface area contributed by atoms with Gasteiger partial charge in [0.05, 0.1) is 15.5 Å². The Morgan fingerprint density at radius 2 is 1.18 bits per heavy atom. The maximum atomic E-state index is 13.1. The third-order valence-corrected chi connectivity index (χ3v) is 8.45. The van der Waals surface area contributed by atoms with Gasteiger partial charge in [0, 0.05) is 16.9 Å². The Morgan fingerprint density at radius 3 is 1.79 bits per heavy atom. The Hall–Kier alpha value is -4.22. The van der Waals surface area contributed by atoms with Gasteiger partial charge in [0.15, 0.2) is 0 Å². The van der Waals surface area contributed by atoms with Crippen LogP contribution in [-0.2, 0) is 20.0 Å². The van der Waals surface area contributed by atoms with E-state index in [1.807, 2.05) is 6.92 Å². The van der Waals surface area contributed by atoms with Crippen molar-refractivity contribution in [3.63, 3.8) is 0 Å². The van der Waals surface area contributed by atoms with Crippen LogP contribution in [-0.4, -0.2) is 22.7 Å². The van der Waals surface area contributed by atoms with Crippen molar-refractivity contribution in [1.29, 1.82) is 0 Å². The number of nitrogens with one attached hydrogen (secondary N) is 3. The molecule has 38 heavy (non-hydrogen) atoms. The van der Waals surface area contributed by atoms with E-state index in [0.29, 0.717) is 11.3 Å². The number of carbonyl (C=O) groups is 1. The minimum atomic E-state index is -3.93. The summed E-state index contributed by atoms with van der Waals surface area (Å²) >= 11 is 0. The van der Waals surface area contributed by atoms with Gasteiger partial charge in [-0.2, -0.15) is 0 Å². The molecule has 0 atom stereocenters. The first-order chi connectivity index (χ1) is 17.9. The zero-order chi connectivity index (χ0) is 27.5. The van der Waals surface area contributed by atoms with Crippen molar-refractivity contribution in [3.8, 4) is 0 Å². The molecule has 0 saturated heterocycles. The zero-order valence-electron chi connectivity index (χ0n) is 20.4. The smallest absolute Gasteiger partial charge is 0.261 e. The highest BCUT2D eigenvalue weighted by Gasteiger charge is 2.19. The van der Waals surface area contributed by atoms with Crippen LogP contribution in [0.5, 0.6) is 0 Å². The van der Waals surface area contributed by atoms with Crippen LogP contribution < -0.4 is 14.8 Å². The van der Waals surface area contributed by atoms with Crippen molar-refractivity contribution in [2.24, 2.45) is 0 Å². The molecule has 11 heteroatoms. The molecule has 0 unspecified atom stereocenters. The lowest BCUT2D eigenvalue weighted by Gasteiger charge is -2.14. The number of hydrogen-bond acceptors (Lipinski definition) is 5. The molecule has 0 bridgehead atoms. The zero-order valence-corrected chi connectivity index (χ0v) is 22.0. The molecule has 1 amide bonds. The van der Waals surface area contributed by atoms with E-state index >= 15 is 0 Å². The average Bonchev–Trinajstić information content (AvgIpc) is 2.87. The van der Waals surface area contributed by atoms with E-state index in [4.69, 9.17) is 0 Å². The quantitative estimate of drug-likeness (QED) is 0.274. The molecule has 3 N–H and O–H groups in total. The van der Waals surface area contributed by atoms with Gasteiger partial charge in [0.25, 0.3) is 26.0 Å². The SMILES string of the molecule is Cc1ccc(S(=O)(=O)Nc2cccc(C(=O)Nc3ccc(S(=O)(=O)Nc4ccc(F)cc4)cc3)c2C)cc1. The number of rotatable bonds is 8. The van der Waals surface area contributed by atoms with E-state index in [0.717, 1.165) is 17.7 Å². The summed E-state index contributed by atoms with van der Waals surface area (Å²) in [7, 11) is -7.79. The second-order valence-electron chi connectivity index (χ2n) is 8.49. The Morgan fingerprint density at radius 1 is 0.658 bits per heavy atom. The number of benzene rings is 4. The van der Waals surface area contributed by atoms with E-state index < -0.39 is 31.8 Å². The fourth-order valence-corrected chi connectivity index (χ4v) is 5.74. The van der Waals surface area contributed by atoms with Crippen LogP contribution in [0.2, 0.25) is 0 Å². The highest BCUT2D eigenvalue weighted by Crippen LogP contribution is 2.24. The van der Waals surface area contributed by atoms with Crippen LogP contribution in [0.1, 0.15) is 21.5 Å². The number of halogens is 1. The third-order valence-electron chi connectivity index (χ3n) is 5.67. The lowest BCUT2D eigenvalue weighted by atomic mass is 10.1. The Kier molecular flexibility index (Phi) is 7.51. The molecular formula is C27H24FN3O5S2. The van der Waals surface area contributed by atoms with Crippen LogP contribution in [0.25, 0.3) is 0 Å². The third kappa shape index (κ3) is 6.18. The second kappa shape index (κ2) is 10.6. The molecule has 8 nitrogen and oxygen atoms in total. The van der Waals surface area contributed by atoms with Crippen molar-refractivity contribution < 1.29 is 26.0 Å². The molecule has 0 radical (unpaired) electrons. The Balaban J connectivity index is 1.48. The van der Waals surface area contributed by atoms with E-state index in [1.165, 1.54) is 48.5 Å². The van der Waals surface area contributed by atoms with E-state index in [-0.39, 0.29) is 26.7 Å².